The van der Waals surface area contributed by atoms with Crippen LogP contribution in [0.25, 0.3) is 16.6 Å². The van der Waals surface area contributed by atoms with Crippen LogP contribution in [0.15, 0.2) is 88.6 Å². The molecule has 0 amide bonds. The van der Waals surface area contributed by atoms with Gasteiger partial charge in [-0.3, -0.25) is 19.7 Å². The number of halogens is 2. The van der Waals surface area contributed by atoms with Crippen LogP contribution < -0.4 is 15.9 Å². The number of aryl methyl sites for hydroxylation is 1. The van der Waals surface area contributed by atoms with Gasteiger partial charge >= 0.3 is 0 Å². The van der Waals surface area contributed by atoms with E-state index in [0.29, 0.717) is 46.0 Å². The standard InChI is InChI=1S/C26H20ClFN4O3/c27-20-6-1-2-7-22(20)32-26(34)25-21(30-32)15-24(33)31(14-12-18-5-3-4-13-29-18)23(25)16-35-19-10-8-17(28)9-11-19/h1-11,13,15,30H,12,14,16H2. The van der Waals surface area contributed by atoms with Crippen molar-refractivity contribution in [2.24, 2.45) is 0 Å². The van der Waals surface area contributed by atoms with E-state index in [4.69, 9.17) is 16.3 Å². The Bertz CT molecular complexity index is 1610. The normalized spacial score (nSPS) is 11.1. The Labute approximate surface area is 204 Å². The molecule has 0 saturated heterocycles. The number of para-hydroxylation sites is 1. The zero-order valence-corrected chi connectivity index (χ0v) is 19.2. The maximum atomic E-state index is 13.5. The molecular formula is C26H20ClFN4O3. The lowest BCUT2D eigenvalue weighted by Gasteiger charge is -2.14. The Kier molecular flexibility index (Phi) is 6.20. The van der Waals surface area contributed by atoms with Gasteiger partial charge in [0, 0.05) is 30.9 Å². The molecule has 0 saturated carbocycles. The molecule has 35 heavy (non-hydrogen) atoms. The number of hydrogen-bond donors (Lipinski definition) is 1. The molecule has 5 aromatic rings. The number of nitrogens with zero attached hydrogens (tertiary/aromatic N) is 3. The number of hydrogen-bond acceptors (Lipinski definition) is 4. The maximum absolute atomic E-state index is 13.5. The summed E-state index contributed by atoms with van der Waals surface area (Å²) in [7, 11) is 0. The van der Waals surface area contributed by atoms with Crippen LogP contribution in [0.1, 0.15) is 11.4 Å². The van der Waals surface area contributed by atoms with Gasteiger partial charge in [-0.15, -0.1) is 0 Å². The first-order valence-electron chi connectivity index (χ1n) is 10.9. The lowest BCUT2D eigenvalue weighted by molar-refractivity contribution is 0.294. The summed E-state index contributed by atoms with van der Waals surface area (Å²) in [6.45, 7) is 0.223. The minimum absolute atomic E-state index is 0.0734. The number of aromatic nitrogens is 4. The average molecular weight is 491 g/mol. The molecule has 0 fully saturated rings. The van der Waals surface area contributed by atoms with E-state index in [-0.39, 0.29) is 23.5 Å². The van der Waals surface area contributed by atoms with E-state index < -0.39 is 0 Å². The van der Waals surface area contributed by atoms with Crippen LogP contribution in [-0.4, -0.2) is 19.3 Å². The van der Waals surface area contributed by atoms with Gasteiger partial charge in [-0.1, -0.05) is 29.8 Å². The van der Waals surface area contributed by atoms with Crippen molar-refractivity contribution >= 4 is 22.5 Å². The highest BCUT2D eigenvalue weighted by Crippen LogP contribution is 2.22. The molecule has 7 nitrogen and oxygen atoms in total. The third-order valence-corrected chi connectivity index (χ3v) is 5.99. The summed E-state index contributed by atoms with van der Waals surface area (Å²) in [5.74, 6) is 0.0223. The highest BCUT2D eigenvalue weighted by atomic mass is 35.5. The second kappa shape index (κ2) is 9.60. The molecule has 0 bridgehead atoms. The summed E-state index contributed by atoms with van der Waals surface area (Å²) in [6.07, 6.45) is 2.17. The zero-order chi connectivity index (χ0) is 24.4. The molecule has 0 spiro atoms. The van der Waals surface area contributed by atoms with Gasteiger partial charge in [0.15, 0.2) is 0 Å². The molecular weight excluding hydrogens is 471 g/mol. The van der Waals surface area contributed by atoms with Gasteiger partial charge in [0.05, 0.1) is 27.3 Å². The van der Waals surface area contributed by atoms with Crippen LogP contribution in [0.2, 0.25) is 5.02 Å². The zero-order valence-electron chi connectivity index (χ0n) is 18.4. The van der Waals surface area contributed by atoms with Gasteiger partial charge in [0.25, 0.3) is 11.1 Å². The average Bonchev–Trinajstić information content (AvgIpc) is 3.19. The van der Waals surface area contributed by atoms with Crippen molar-refractivity contribution in [3.8, 4) is 11.4 Å². The molecule has 176 valence electrons. The van der Waals surface area contributed by atoms with Gasteiger partial charge in [-0.25, -0.2) is 9.07 Å². The minimum atomic E-state index is -0.389. The Morgan fingerprint density at radius 2 is 1.77 bits per heavy atom. The molecule has 0 aliphatic heterocycles. The van der Waals surface area contributed by atoms with E-state index in [0.717, 1.165) is 5.69 Å². The topological polar surface area (TPSA) is 81.9 Å². The van der Waals surface area contributed by atoms with E-state index in [1.807, 2.05) is 18.2 Å². The predicted molar refractivity (Wildman–Crippen MR) is 132 cm³/mol. The smallest absolute Gasteiger partial charge is 0.281 e. The Balaban J connectivity index is 1.63. The monoisotopic (exact) mass is 490 g/mol. The van der Waals surface area contributed by atoms with Gasteiger partial charge in [-0.2, -0.15) is 0 Å². The quantitative estimate of drug-likeness (QED) is 0.364. The summed E-state index contributed by atoms with van der Waals surface area (Å²) in [5.41, 5.74) is 1.39. The second-order valence-corrected chi connectivity index (χ2v) is 8.29. The van der Waals surface area contributed by atoms with Crippen LogP contribution in [0.4, 0.5) is 4.39 Å². The fourth-order valence-corrected chi connectivity index (χ4v) is 4.18. The summed E-state index contributed by atoms with van der Waals surface area (Å²) >= 11 is 6.32. The molecule has 0 aliphatic carbocycles. The Hall–Kier alpha value is -4.17. The maximum Gasteiger partial charge on any atom is 0.281 e. The van der Waals surface area contributed by atoms with E-state index in [9.17, 15) is 14.0 Å². The van der Waals surface area contributed by atoms with Crippen molar-refractivity contribution in [3.05, 3.63) is 122 Å². The second-order valence-electron chi connectivity index (χ2n) is 7.89. The van der Waals surface area contributed by atoms with Crippen LogP contribution in [0, 0.1) is 5.82 Å². The van der Waals surface area contributed by atoms with E-state index in [2.05, 4.69) is 10.1 Å². The molecule has 5 rings (SSSR count). The Morgan fingerprint density at radius 1 is 1.00 bits per heavy atom. The molecule has 3 aromatic heterocycles. The van der Waals surface area contributed by atoms with Crippen LogP contribution in [0.3, 0.4) is 0 Å². The van der Waals surface area contributed by atoms with Crippen molar-refractivity contribution < 1.29 is 9.13 Å². The number of pyridine rings is 2. The van der Waals surface area contributed by atoms with Crippen molar-refractivity contribution in [3.63, 3.8) is 0 Å². The fourth-order valence-electron chi connectivity index (χ4n) is 3.96. The molecule has 3 heterocycles. The van der Waals surface area contributed by atoms with Crippen LogP contribution >= 0.6 is 11.6 Å². The highest BCUT2D eigenvalue weighted by Gasteiger charge is 2.19. The first-order chi connectivity index (χ1) is 17.0. The lowest BCUT2D eigenvalue weighted by atomic mass is 10.2. The molecule has 0 unspecified atom stereocenters. The van der Waals surface area contributed by atoms with Gasteiger partial charge < -0.3 is 9.30 Å². The molecule has 2 aromatic carbocycles. The molecule has 0 atom stereocenters. The van der Waals surface area contributed by atoms with E-state index in [1.165, 1.54) is 39.6 Å². The lowest BCUT2D eigenvalue weighted by Crippen LogP contribution is -2.27. The van der Waals surface area contributed by atoms with Crippen molar-refractivity contribution in [2.75, 3.05) is 0 Å². The number of H-pyrrole nitrogens is 1. The molecule has 9 heteroatoms. The van der Waals surface area contributed by atoms with Gasteiger partial charge in [-0.05, 0) is 48.5 Å². The third-order valence-electron chi connectivity index (χ3n) is 5.67. The van der Waals surface area contributed by atoms with Gasteiger partial charge in [0.1, 0.15) is 18.2 Å². The number of rotatable bonds is 7. The van der Waals surface area contributed by atoms with Crippen molar-refractivity contribution in [1.29, 1.82) is 0 Å². The number of fused-ring (bicyclic) bond motifs is 1. The largest absolute Gasteiger partial charge is 0.487 e. The summed E-state index contributed by atoms with van der Waals surface area (Å²) in [5, 5.41) is 3.70. The van der Waals surface area contributed by atoms with Crippen LogP contribution in [0.5, 0.6) is 5.75 Å². The Morgan fingerprint density at radius 3 is 2.51 bits per heavy atom. The third kappa shape index (κ3) is 4.61. The molecule has 0 aliphatic rings. The van der Waals surface area contributed by atoms with Crippen LogP contribution in [-0.2, 0) is 19.6 Å². The van der Waals surface area contributed by atoms with E-state index in [1.54, 1.807) is 30.5 Å². The summed E-state index contributed by atoms with van der Waals surface area (Å²) in [6, 6.07) is 19.4. The number of ether oxygens (including phenoxy) is 1. The summed E-state index contributed by atoms with van der Waals surface area (Å²) in [4.78, 5) is 31.0. The van der Waals surface area contributed by atoms with Crippen molar-refractivity contribution in [1.82, 2.24) is 19.3 Å². The number of benzene rings is 2. The number of nitrogens with one attached hydrogen (secondary N) is 1. The molecule has 1 N–H and O–H groups in total. The van der Waals surface area contributed by atoms with Crippen molar-refractivity contribution in [2.45, 2.75) is 19.6 Å². The minimum Gasteiger partial charge on any atom is -0.487 e. The van der Waals surface area contributed by atoms with E-state index >= 15 is 0 Å². The summed E-state index contributed by atoms with van der Waals surface area (Å²) < 4.78 is 22.0. The SMILES string of the molecule is O=c1c2c(COc3ccc(F)cc3)n(CCc3ccccn3)c(=O)cc2[nH]n1-c1ccccc1Cl. The fraction of sp³-hybridized carbons (Fsp3) is 0.115. The first kappa shape index (κ1) is 22.6. The predicted octanol–water partition coefficient (Wildman–Crippen LogP) is 4.49. The van der Waals surface area contributed by atoms with Gasteiger partial charge in [0.2, 0.25) is 0 Å². The first-order valence-corrected chi connectivity index (χ1v) is 11.3. The molecule has 0 radical (unpaired) electrons. The number of aromatic amines is 1. The highest BCUT2D eigenvalue weighted by molar-refractivity contribution is 6.32.